The average Bonchev–Trinajstić information content (AvgIpc) is 2.71. The van der Waals surface area contributed by atoms with E-state index in [1.54, 1.807) is 0 Å². The maximum atomic E-state index is 12.9. The highest BCUT2D eigenvalue weighted by molar-refractivity contribution is 5.84. The Labute approximate surface area is 130 Å². The van der Waals surface area contributed by atoms with Gasteiger partial charge in [-0.25, -0.2) is 0 Å². The summed E-state index contributed by atoms with van der Waals surface area (Å²) in [6.45, 7) is 8.88. The molecule has 2 aliphatic heterocycles. The summed E-state index contributed by atoms with van der Waals surface area (Å²) < 4.78 is 0. The molecule has 1 amide bonds. The summed E-state index contributed by atoms with van der Waals surface area (Å²) in [7, 11) is 2.17. The lowest BCUT2D eigenvalue weighted by Crippen LogP contribution is -2.52. The van der Waals surface area contributed by atoms with Crippen molar-refractivity contribution in [2.75, 3.05) is 20.1 Å². The summed E-state index contributed by atoms with van der Waals surface area (Å²) in [5.74, 6) is 0.971. The Morgan fingerprint density at radius 3 is 2.76 bits per heavy atom. The molecule has 3 atom stereocenters. The lowest BCUT2D eigenvalue weighted by Gasteiger charge is -2.39. The van der Waals surface area contributed by atoms with Gasteiger partial charge in [-0.05, 0) is 45.2 Å². The summed E-state index contributed by atoms with van der Waals surface area (Å²) >= 11 is 0. The van der Waals surface area contributed by atoms with Crippen molar-refractivity contribution in [2.24, 2.45) is 5.92 Å². The van der Waals surface area contributed by atoms with Crippen LogP contribution in [-0.2, 0) is 4.79 Å². The van der Waals surface area contributed by atoms with E-state index in [9.17, 15) is 4.79 Å². The number of rotatable bonds is 6. The van der Waals surface area contributed by atoms with Crippen LogP contribution in [0, 0.1) is 5.92 Å². The van der Waals surface area contributed by atoms with E-state index in [2.05, 4.69) is 42.9 Å². The van der Waals surface area contributed by atoms with Crippen molar-refractivity contribution >= 4 is 5.91 Å². The number of piperidine rings is 1. The van der Waals surface area contributed by atoms with Crippen LogP contribution >= 0.6 is 0 Å². The predicted octanol–water partition coefficient (Wildman–Crippen LogP) is 2.44. The second-order valence-corrected chi connectivity index (χ2v) is 7.31. The molecule has 21 heavy (non-hydrogen) atoms. The molecule has 2 rings (SSSR count). The molecule has 0 aromatic carbocycles. The van der Waals surface area contributed by atoms with Crippen molar-refractivity contribution in [3.63, 3.8) is 0 Å². The van der Waals surface area contributed by atoms with Gasteiger partial charge in [0.05, 0.1) is 12.2 Å². The number of hydrogen-bond acceptors (Lipinski definition) is 3. The molecule has 3 unspecified atom stereocenters. The van der Waals surface area contributed by atoms with Crippen molar-refractivity contribution in [1.82, 2.24) is 15.1 Å². The molecule has 0 spiro atoms. The number of amides is 1. The second-order valence-electron chi connectivity index (χ2n) is 7.31. The van der Waals surface area contributed by atoms with E-state index in [0.29, 0.717) is 17.9 Å². The number of likely N-dealkylation sites (N-methyl/N-ethyl adjacent to an activating group) is 1. The molecule has 0 aromatic rings. The van der Waals surface area contributed by atoms with Crippen LogP contribution in [-0.4, -0.2) is 54.1 Å². The molecule has 4 heteroatoms. The van der Waals surface area contributed by atoms with Gasteiger partial charge in [0.15, 0.2) is 0 Å². The van der Waals surface area contributed by atoms with Gasteiger partial charge in [0.1, 0.15) is 0 Å². The zero-order valence-corrected chi connectivity index (χ0v) is 14.3. The first-order valence-electron chi connectivity index (χ1n) is 8.79. The van der Waals surface area contributed by atoms with Crippen LogP contribution in [0.25, 0.3) is 0 Å². The van der Waals surface area contributed by atoms with E-state index < -0.39 is 0 Å². The van der Waals surface area contributed by atoms with Crippen LogP contribution in [0.1, 0.15) is 59.3 Å². The van der Waals surface area contributed by atoms with E-state index >= 15 is 0 Å². The third kappa shape index (κ3) is 4.19. The van der Waals surface area contributed by atoms with Crippen molar-refractivity contribution in [2.45, 2.75) is 77.5 Å². The molecule has 0 aromatic heterocycles. The second kappa shape index (κ2) is 7.59. The van der Waals surface area contributed by atoms with Gasteiger partial charge in [0, 0.05) is 12.6 Å². The maximum Gasteiger partial charge on any atom is 0.241 e. The topological polar surface area (TPSA) is 35.6 Å². The number of carbonyl (C=O) groups is 1. The molecule has 0 bridgehead atoms. The maximum absolute atomic E-state index is 12.9. The fourth-order valence-corrected chi connectivity index (χ4v) is 3.76. The molecule has 2 aliphatic rings. The number of carbonyl (C=O) groups excluding carboxylic acids is 1. The molecule has 4 nitrogen and oxygen atoms in total. The Balaban J connectivity index is 2.07. The fraction of sp³-hybridized carbons (Fsp3) is 0.941. The van der Waals surface area contributed by atoms with E-state index in [0.717, 1.165) is 38.6 Å². The lowest BCUT2D eigenvalue weighted by molar-refractivity contribution is -0.133. The molecule has 2 fully saturated rings. The Morgan fingerprint density at radius 1 is 1.38 bits per heavy atom. The third-order valence-corrected chi connectivity index (χ3v) is 4.82. The smallest absolute Gasteiger partial charge is 0.241 e. The highest BCUT2D eigenvalue weighted by Gasteiger charge is 2.42. The van der Waals surface area contributed by atoms with Crippen LogP contribution in [0.2, 0.25) is 0 Å². The quantitative estimate of drug-likeness (QED) is 0.817. The van der Waals surface area contributed by atoms with Crippen LogP contribution < -0.4 is 5.32 Å². The van der Waals surface area contributed by atoms with Crippen molar-refractivity contribution in [3.8, 4) is 0 Å². The molecule has 0 saturated carbocycles. The minimum atomic E-state index is 0.0564. The van der Waals surface area contributed by atoms with Crippen molar-refractivity contribution in [1.29, 1.82) is 0 Å². The standard InChI is InChI=1S/C17H33N3O/c1-5-6-9-15-17(21)20(16(18-15)11-13(2)3)14-8-7-10-19(4)12-14/h13-16,18H,5-12H2,1-4H3. The Hall–Kier alpha value is -0.610. The minimum absolute atomic E-state index is 0.0564. The van der Waals surface area contributed by atoms with Gasteiger partial charge in [0.25, 0.3) is 0 Å². The third-order valence-electron chi connectivity index (χ3n) is 4.82. The van der Waals surface area contributed by atoms with Crippen LogP contribution in [0.15, 0.2) is 0 Å². The molecule has 122 valence electrons. The molecule has 2 saturated heterocycles. The highest BCUT2D eigenvalue weighted by atomic mass is 16.2. The predicted molar refractivity (Wildman–Crippen MR) is 87.1 cm³/mol. The van der Waals surface area contributed by atoms with Gasteiger partial charge in [-0.15, -0.1) is 0 Å². The van der Waals surface area contributed by atoms with Crippen molar-refractivity contribution in [3.05, 3.63) is 0 Å². The van der Waals surface area contributed by atoms with Gasteiger partial charge >= 0.3 is 0 Å². The lowest BCUT2D eigenvalue weighted by atomic mass is 10.0. The summed E-state index contributed by atoms with van der Waals surface area (Å²) in [5.41, 5.74) is 0. The van der Waals surface area contributed by atoms with Crippen LogP contribution in [0.5, 0.6) is 0 Å². The van der Waals surface area contributed by atoms with E-state index in [1.807, 2.05) is 0 Å². The number of hydrogen-bond donors (Lipinski definition) is 1. The van der Waals surface area contributed by atoms with Gasteiger partial charge in [0.2, 0.25) is 5.91 Å². The molecule has 0 aliphatic carbocycles. The Bertz CT molecular complexity index is 345. The SMILES string of the molecule is CCCCC1NC(CC(C)C)N(C2CCCN(C)C2)C1=O. The first-order valence-corrected chi connectivity index (χ1v) is 8.79. The highest BCUT2D eigenvalue weighted by Crippen LogP contribution is 2.26. The molecule has 1 N–H and O–H groups in total. The zero-order valence-electron chi connectivity index (χ0n) is 14.3. The Morgan fingerprint density at radius 2 is 2.14 bits per heavy atom. The largest absolute Gasteiger partial charge is 0.322 e. The first-order chi connectivity index (χ1) is 10.0. The van der Waals surface area contributed by atoms with Crippen LogP contribution in [0.4, 0.5) is 0 Å². The van der Waals surface area contributed by atoms with Gasteiger partial charge in [-0.3, -0.25) is 10.1 Å². The minimum Gasteiger partial charge on any atom is -0.322 e. The molecular formula is C17H33N3O. The summed E-state index contributed by atoms with van der Waals surface area (Å²) in [4.78, 5) is 17.4. The summed E-state index contributed by atoms with van der Waals surface area (Å²) in [6, 6.07) is 0.458. The van der Waals surface area contributed by atoms with Gasteiger partial charge in [-0.2, -0.15) is 0 Å². The molecule has 0 radical (unpaired) electrons. The number of nitrogens with one attached hydrogen (secondary N) is 1. The summed E-state index contributed by atoms with van der Waals surface area (Å²) in [6.07, 6.45) is 6.96. The first kappa shape index (κ1) is 16.8. The summed E-state index contributed by atoms with van der Waals surface area (Å²) in [5, 5.41) is 3.63. The zero-order chi connectivity index (χ0) is 15.4. The van der Waals surface area contributed by atoms with E-state index in [-0.39, 0.29) is 12.2 Å². The Kier molecular flexibility index (Phi) is 6.06. The van der Waals surface area contributed by atoms with Crippen LogP contribution in [0.3, 0.4) is 0 Å². The van der Waals surface area contributed by atoms with E-state index in [1.165, 1.54) is 13.0 Å². The average molecular weight is 295 g/mol. The molecule has 2 heterocycles. The number of likely N-dealkylation sites (tertiary alicyclic amines) is 1. The normalized spacial score (nSPS) is 31.4. The number of unbranched alkanes of at least 4 members (excludes halogenated alkanes) is 1. The monoisotopic (exact) mass is 295 g/mol. The number of nitrogens with zero attached hydrogens (tertiary/aromatic N) is 2. The van der Waals surface area contributed by atoms with Gasteiger partial charge < -0.3 is 9.80 Å². The van der Waals surface area contributed by atoms with E-state index in [4.69, 9.17) is 0 Å². The van der Waals surface area contributed by atoms with Crippen molar-refractivity contribution < 1.29 is 4.79 Å². The van der Waals surface area contributed by atoms with Gasteiger partial charge in [-0.1, -0.05) is 33.6 Å². The fourth-order valence-electron chi connectivity index (χ4n) is 3.76. The molecular weight excluding hydrogens is 262 g/mol.